The van der Waals surface area contributed by atoms with Crippen LogP contribution >= 0.6 is 0 Å². The van der Waals surface area contributed by atoms with Crippen molar-refractivity contribution in [3.05, 3.63) is 11.6 Å². The van der Waals surface area contributed by atoms with Crippen molar-refractivity contribution in [2.45, 2.75) is 57.6 Å². The van der Waals surface area contributed by atoms with Crippen LogP contribution in [0.5, 0.6) is 0 Å². The molecule has 7 heteroatoms. The molecule has 0 saturated heterocycles. The molecule has 2 rings (SSSR count). The third-order valence-corrected chi connectivity index (χ3v) is 3.68. The van der Waals surface area contributed by atoms with Crippen molar-refractivity contribution in [2.24, 2.45) is 5.73 Å². The summed E-state index contributed by atoms with van der Waals surface area (Å²) in [4.78, 5) is 16.0. The van der Waals surface area contributed by atoms with Crippen molar-refractivity contribution in [3.8, 4) is 0 Å². The Kier molecular flexibility index (Phi) is 6.13. The third-order valence-electron chi connectivity index (χ3n) is 3.68. The van der Waals surface area contributed by atoms with Gasteiger partial charge >= 0.3 is 0 Å². The highest BCUT2D eigenvalue weighted by atomic mass is 16.5. The van der Waals surface area contributed by atoms with Crippen LogP contribution < -0.4 is 11.1 Å². The lowest BCUT2D eigenvalue weighted by Gasteiger charge is -2.26. The number of hydrogen-bond donors (Lipinski definition) is 3. The van der Waals surface area contributed by atoms with Gasteiger partial charge in [-0.15, -0.1) is 5.10 Å². The molecule has 1 aromatic rings. The normalized spacial score (nSPS) is 22.2. The van der Waals surface area contributed by atoms with Crippen molar-refractivity contribution >= 4 is 5.91 Å². The van der Waals surface area contributed by atoms with Crippen LogP contribution in [0.15, 0.2) is 0 Å². The first-order valence-corrected chi connectivity index (χ1v) is 7.75. The fraction of sp³-hybridized carbons (Fsp3) is 0.786. The summed E-state index contributed by atoms with van der Waals surface area (Å²) in [5, 5.41) is 9.45. The van der Waals surface area contributed by atoms with E-state index in [2.05, 4.69) is 27.4 Å². The number of nitrogens with one attached hydrogen (secondary N) is 2. The van der Waals surface area contributed by atoms with E-state index < -0.39 is 0 Å². The largest absolute Gasteiger partial charge is 0.376 e. The fourth-order valence-corrected chi connectivity index (χ4v) is 2.47. The standard InChI is InChI=1S/C14H25N5O2/c1-2-3-12-17-13(19-18-12)14(20)16-8-9-21-11-6-4-10(15)5-7-11/h10-11H,2-9,15H2,1H3,(H,16,20)(H,17,18,19). The third kappa shape index (κ3) is 5.09. The van der Waals surface area contributed by atoms with Gasteiger partial charge in [-0.3, -0.25) is 9.89 Å². The number of rotatable bonds is 7. The van der Waals surface area contributed by atoms with Gasteiger partial charge in [-0.1, -0.05) is 6.92 Å². The van der Waals surface area contributed by atoms with E-state index in [4.69, 9.17) is 10.5 Å². The van der Waals surface area contributed by atoms with Gasteiger partial charge in [-0.2, -0.15) is 0 Å². The van der Waals surface area contributed by atoms with E-state index in [9.17, 15) is 4.79 Å². The summed E-state index contributed by atoms with van der Waals surface area (Å²) in [5.74, 6) is 0.683. The molecule has 0 aliphatic heterocycles. The fourth-order valence-electron chi connectivity index (χ4n) is 2.47. The molecule has 1 heterocycles. The number of H-pyrrole nitrogens is 1. The van der Waals surface area contributed by atoms with Crippen LogP contribution in [0, 0.1) is 0 Å². The predicted molar refractivity (Wildman–Crippen MR) is 78.9 cm³/mol. The van der Waals surface area contributed by atoms with Crippen molar-refractivity contribution in [1.82, 2.24) is 20.5 Å². The lowest BCUT2D eigenvalue weighted by Crippen LogP contribution is -2.33. The van der Waals surface area contributed by atoms with Crippen LogP contribution in [-0.4, -0.2) is 46.4 Å². The average Bonchev–Trinajstić information content (AvgIpc) is 2.94. The smallest absolute Gasteiger partial charge is 0.291 e. The first kappa shape index (κ1) is 15.9. The second kappa shape index (κ2) is 8.09. The summed E-state index contributed by atoms with van der Waals surface area (Å²) in [5.41, 5.74) is 5.85. The highest BCUT2D eigenvalue weighted by Crippen LogP contribution is 2.19. The Labute approximate surface area is 125 Å². The lowest BCUT2D eigenvalue weighted by atomic mass is 9.94. The number of nitrogens with zero attached hydrogens (tertiary/aromatic N) is 2. The molecule has 118 valence electrons. The van der Waals surface area contributed by atoms with Gasteiger partial charge in [0.15, 0.2) is 0 Å². The maximum absolute atomic E-state index is 11.8. The van der Waals surface area contributed by atoms with Gasteiger partial charge in [-0.05, 0) is 32.1 Å². The summed E-state index contributed by atoms with van der Waals surface area (Å²) in [6.07, 6.45) is 6.11. The van der Waals surface area contributed by atoms with E-state index in [1.54, 1.807) is 0 Å². The van der Waals surface area contributed by atoms with E-state index >= 15 is 0 Å². The maximum atomic E-state index is 11.8. The van der Waals surface area contributed by atoms with Gasteiger partial charge in [0.1, 0.15) is 5.82 Å². The number of carbonyl (C=O) groups excluding carboxylic acids is 1. The number of hydrogen-bond acceptors (Lipinski definition) is 5. The van der Waals surface area contributed by atoms with Gasteiger partial charge in [0, 0.05) is 19.0 Å². The monoisotopic (exact) mass is 295 g/mol. The van der Waals surface area contributed by atoms with Crippen LogP contribution in [0.4, 0.5) is 0 Å². The van der Waals surface area contributed by atoms with Gasteiger partial charge in [0.05, 0.1) is 12.7 Å². The second-order valence-electron chi connectivity index (χ2n) is 5.52. The first-order chi connectivity index (χ1) is 10.2. The van der Waals surface area contributed by atoms with Gasteiger partial charge < -0.3 is 15.8 Å². The zero-order valence-electron chi connectivity index (χ0n) is 12.6. The lowest BCUT2D eigenvalue weighted by molar-refractivity contribution is 0.0267. The Bertz CT molecular complexity index is 440. The van der Waals surface area contributed by atoms with Crippen LogP contribution in [0.3, 0.4) is 0 Å². The average molecular weight is 295 g/mol. The minimum absolute atomic E-state index is 0.196. The molecular formula is C14H25N5O2. The van der Waals surface area contributed by atoms with E-state index in [0.29, 0.717) is 19.2 Å². The second-order valence-corrected chi connectivity index (χ2v) is 5.52. The summed E-state index contributed by atoms with van der Waals surface area (Å²) in [6, 6.07) is 0.326. The SMILES string of the molecule is CCCc1nc(C(=O)NCCOC2CCC(N)CC2)n[nH]1. The predicted octanol–water partition coefficient (Wildman–Crippen LogP) is 0.774. The number of nitrogens with two attached hydrogens (primary N) is 1. The number of amides is 1. The zero-order chi connectivity index (χ0) is 15.1. The summed E-state index contributed by atoms with van der Waals surface area (Å²) >= 11 is 0. The van der Waals surface area contributed by atoms with Gasteiger partial charge in [-0.25, -0.2) is 4.98 Å². The molecule has 1 aliphatic rings. The maximum Gasteiger partial charge on any atom is 0.291 e. The van der Waals surface area contributed by atoms with Crippen LogP contribution in [0.2, 0.25) is 0 Å². The Hall–Kier alpha value is -1.47. The van der Waals surface area contributed by atoms with Crippen molar-refractivity contribution in [2.75, 3.05) is 13.2 Å². The molecule has 1 aromatic heterocycles. The first-order valence-electron chi connectivity index (χ1n) is 7.75. The quantitative estimate of drug-likeness (QED) is 0.644. The van der Waals surface area contributed by atoms with Gasteiger partial charge in [0.2, 0.25) is 5.82 Å². The van der Waals surface area contributed by atoms with Crippen molar-refractivity contribution in [1.29, 1.82) is 0 Å². The number of aryl methyl sites for hydroxylation is 1. The molecule has 0 unspecified atom stereocenters. The van der Waals surface area contributed by atoms with Gasteiger partial charge in [0.25, 0.3) is 5.91 Å². The molecule has 1 fully saturated rings. The Morgan fingerprint density at radius 2 is 2.19 bits per heavy atom. The van der Waals surface area contributed by atoms with Crippen molar-refractivity contribution < 1.29 is 9.53 Å². The minimum atomic E-state index is -0.261. The molecule has 1 aliphatic carbocycles. The molecule has 0 aromatic carbocycles. The molecule has 0 bridgehead atoms. The number of carbonyl (C=O) groups is 1. The molecule has 0 atom stereocenters. The summed E-state index contributed by atoms with van der Waals surface area (Å²) in [6.45, 7) is 3.04. The molecule has 0 radical (unpaired) electrons. The molecule has 1 saturated carbocycles. The Morgan fingerprint density at radius 3 is 2.90 bits per heavy atom. The number of aromatic amines is 1. The Balaban J connectivity index is 1.62. The molecule has 7 nitrogen and oxygen atoms in total. The molecule has 21 heavy (non-hydrogen) atoms. The summed E-state index contributed by atoms with van der Waals surface area (Å²) in [7, 11) is 0. The molecule has 1 amide bonds. The number of ether oxygens (including phenoxy) is 1. The van der Waals surface area contributed by atoms with Crippen LogP contribution in [0.1, 0.15) is 55.5 Å². The van der Waals surface area contributed by atoms with Crippen LogP contribution in [0.25, 0.3) is 0 Å². The molecule has 0 spiro atoms. The van der Waals surface area contributed by atoms with E-state index in [1.807, 2.05) is 0 Å². The highest BCUT2D eigenvalue weighted by Gasteiger charge is 2.18. The van der Waals surface area contributed by atoms with Crippen molar-refractivity contribution in [3.63, 3.8) is 0 Å². The van der Waals surface area contributed by atoms with E-state index in [-0.39, 0.29) is 17.8 Å². The molecular weight excluding hydrogens is 270 g/mol. The van der Waals surface area contributed by atoms with E-state index in [1.165, 1.54) is 0 Å². The minimum Gasteiger partial charge on any atom is -0.376 e. The summed E-state index contributed by atoms with van der Waals surface area (Å²) < 4.78 is 5.74. The van der Waals surface area contributed by atoms with E-state index in [0.717, 1.165) is 44.3 Å². The zero-order valence-corrected chi connectivity index (χ0v) is 12.6. The topological polar surface area (TPSA) is 106 Å². The Morgan fingerprint density at radius 1 is 1.43 bits per heavy atom. The molecule has 4 N–H and O–H groups in total. The van der Waals surface area contributed by atoms with Crippen LogP contribution in [-0.2, 0) is 11.2 Å². The highest BCUT2D eigenvalue weighted by molar-refractivity contribution is 5.90. The number of aromatic nitrogens is 3.